The summed E-state index contributed by atoms with van der Waals surface area (Å²) >= 11 is 6.38. The Morgan fingerprint density at radius 1 is 1.27 bits per heavy atom. The fourth-order valence-electron chi connectivity index (χ4n) is 2.73. The maximum absolute atomic E-state index is 12.4. The zero-order valence-corrected chi connectivity index (χ0v) is 17.8. The number of nitrogens with one attached hydrogen (secondary N) is 2. The number of halogens is 1. The lowest BCUT2D eigenvalue weighted by molar-refractivity contribution is -0.118. The summed E-state index contributed by atoms with van der Waals surface area (Å²) in [6, 6.07) is 6.59. The van der Waals surface area contributed by atoms with Gasteiger partial charge in [0.25, 0.3) is 5.91 Å². The van der Waals surface area contributed by atoms with E-state index in [1.165, 1.54) is 6.08 Å². The zero-order chi connectivity index (χ0) is 22.1. The molecule has 4 N–H and O–H groups in total. The van der Waals surface area contributed by atoms with E-state index in [4.69, 9.17) is 17.3 Å². The molecule has 0 spiro atoms. The van der Waals surface area contributed by atoms with Gasteiger partial charge in [0.1, 0.15) is 5.15 Å². The Kier molecular flexibility index (Phi) is 8.61. The largest absolute Gasteiger partial charge is 0.370 e. The molecule has 8 nitrogen and oxygen atoms in total. The van der Waals surface area contributed by atoms with Crippen LogP contribution in [0.2, 0.25) is 5.15 Å². The van der Waals surface area contributed by atoms with Crippen LogP contribution in [-0.4, -0.2) is 34.0 Å². The second-order valence-electron chi connectivity index (χ2n) is 6.71. The van der Waals surface area contributed by atoms with Gasteiger partial charge in [-0.05, 0) is 31.6 Å². The average molecular weight is 432 g/mol. The lowest BCUT2D eigenvalue weighted by Gasteiger charge is -2.10. The molecular weight excluding hydrogens is 406 g/mol. The maximum Gasteiger partial charge on any atom is 0.253 e. The molecule has 9 heteroatoms. The summed E-state index contributed by atoms with van der Waals surface area (Å²) in [4.78, 5) is 35.5. The van der Waals surface area contributed by atoms with Gasteiger partial charge >= 0.3 is 0 Å². The van der Waals surface area contributed by atoms with Gasteiger partial charge in [0.05, 0.1) is 16.9 Å². The van der Waals surface area contributed by atoms with E-state index >= 15 is 0 Å². The highest BCUT2D eigenvalue weighted by atomic mass is 35.5. The number of para-hydroxylation sites is 1. The van der Waals surface area contributed by atoms with Crippen molar-refractivity contribution in [1.82, 2.24) is 15.1 Å². The van der Waals surface area contributed by atoms with Crippen LogP contribution < -0.4 is 16.4 Å². The van der Waals surface area contributed by atoms with Crippen molar-refractivity contribution in [2.75, 3.05) is 11.9 Å². The van der Waals surface area contributed by atoms with Crippen molar-refractivity contribution in [1.29, 1.82) is 0 Å². The number of carbonyl (C=O) groups excluding carboxylic acids is 3. The molecule has 1 aromatic heterocycles. The summed E-state index contributed by atoms with van der Waals surface area (Å²) in [5.41, 5.74) is 7.12. The van der Waals surface area contributed by atoms with E-state index in [1.807, 2.05) is 6.92 Å². The Morgan fingerprint density at radius 2 is 2.00 bits per heavy atom. The van der Waals surface area contributed by atoms with Gasteiger partial charge in [0.2, 0.25) is 11.8 Å². The number of benzene rings is 1. The standard InChI is InChI=1S/C21H26ClN5O3/c1-3-4-13-27-20(22)15(14(2)26-27)9-10-19(29)25-17-8-6-5-7-16(17)21(30)24-12-11-18(23)28/h5-10H,3-4,11-13H2,1-2H3,(H2,23,28)(H,24,30)(H,25,29)/b10-9+. The van der Waals surface area contributed by atoms with Gasteiger partial charge in [-0.1, -0.05) is 37.1 Å². The van der Waals surface area contributed by atoms with E-state index in [0.717, 1.165) is 18.5 Å². The second kappa shape index (κ2) is 11.2. The van der Waals surface area contributed by atoms with Crippen molar-refractivity contribution in [2.45, 2.75) is 39.7 Å². The van der Waals surface area contributed by atoms with Crippen LogP contribution in [0.3, 0.4) is 0 Å². The Labute approximate surface area is 180 Å². The molecule has 2 aromatic rings. The number of unbranched alkanes of at least 4 members (excludes halogenated alkanes) is 1. The summed E-state index contributed by atoms with van der Waals surface area (Å²) in [6.45, 7) is 4.76. The Morgan fingerprint density at radius 3 is 2.70 bits per heavy atom. The predicted molar refractivity (Wildman–Crippen MR) is 117 cm³/mol. The van der Waals surface area contributed by atoms with Crippen molar-refractivity contribution in [3.8, 4) is 0 Å². The predicted octanol–water partition coefficient (Wildman–Crippen LogP) is 2.90. The van der Waals surface area contributed by atoms with Gasteiger partial charge in [0, 0.05) is 31.1 Å². The summed E-state index contributed by atoms with van der Waals surface area (Å²) < 4.78 is 1.73. The highest BCUT2D eigenvalue weighted by Crippen LogP contribution is 2.22. The number of anilines is 1. The van der Waals surface area contributed by atoms with Crippen molar-refractivity contribution in [2.24, 2.45) is 5.73 Å². The minimum absolute atomic E-state index is 0.0368. The molecule has 0 unspecified atom stereocenters. The Hall–Kier alpha value is -3.13. The maximum atomic E-state index is 12.4. The molecule has 0 bridgehead atoms. The Balaban J connectivity index is 2.08. The van der Waals surface area contributed by atoms with E-state index in [0.29, 0.717) is 22.9 Å². The third-order valence-corrected chi connectivity index (χ3v) is 4.72. The average Bonchev–Trinajstić information content (AvgIpc) is 2.97. The van der Waals surface area contributed by atoms with Crippen LogP contribution in [0.4, 0.5) is 5.69 Å². The number of nitrogens with zero attached hydrogens (tertiary/aromatic N) is 2. The molecule has 0 fully saturated rings. The minimum Gasteiger partial charge on any atom is -0.370 e. The molecule has 0 atom stereocenters. The van der Waals surface area contributed by atoms with Crippen LogP contribution >= 0.6 is 11.6 Å². The molecule has 0 aliphatic rings. The van der Waals surface area contributed by atoms with Gasteiger partial charge in [-0.25, -0.2) is 0 Å². The molecule has 0 aliphatic carbocycles. The van der Waals surface area contributed by atoms with Crippen molar-refractivity contribution in [3.63, 3.8) is 0 Å². The number of primary amides is 1. The highest BCUT2D eigenvalue weighted by Gasteiger charge is 2.13. The lowest BCUT2D eigenvalue weighted by Crippen LogP contribution is -2.28. The lowest BCUT2D eigenvalue weighted by atomic mass is 10.1. The highest BCUT2D eigenvalue weighted by molar-refractivity contribution is 6.31. The number of carbonyl (C=O) groups is 3. The second-order valence-corrected chi connectivity index (χ2v) is 7.06. The molecule has 0 aliphatic heterocycles. The SMILES string of the molecule is CCCCn1nc(C)c(/C=C/C(=O)Nc2ccccc2C(=O)NCCC(N)=O)c1Cl. The van der Waals surface area contributed by atoms with Crippen LogP contribution in [0.15, 0.2) is 30.3 Å². The number of hydrogen-bond donors (Lipinski definition) is 3. The monoisotopic (exact) mass is 431 g/mol. The smallest absolute Gasteiger partial charge is 0.253 e. The third-order valence-electron chi connectivity index (χ3n) is 4.32. The summed E-state index contributed by atoms with van der Waals surface area (Å²) in [6.07, 6.45) is 4.98. The topological polar surface area (TPSA) is 119 Å². The Bertz CT molecular complexity index is 952. The fourth-order valence-corrected chi connectivity index (χ4v) is 3.05. The van der Waals surface area contributed by atoms with Crippen LogP contribution in [0.5, 0.6) is 0 Å². The minimum atomic E-state index is -0.506. The van der Waals surface area contributed by atoms with Gasteiger partial charge in [0.15, 0.2) is 0 Å². The molecule has 3 amide bonds. The first-order chi connectivity index (χ1) is 14.3. The molecule has 0 saturated carbocycles. The number of aryl methyl sites for hydroxylation is 2. The van der Waals surface area contributed by atoms with Gasteiger partial charge in [-0.3, -0.25) is 19.1 Å². The van der Waals surface area contributed by atoms with Crippen molar-refractivity contribution in [3.05, 3.63) is 52.3 Å². The van der Waals surface area contributed by atoms with Crippen LogP contribution in [0.1, 0.15) is 47.8 Å². The summed E-state index contributed by atoms with van der Waals surface area (Å²) in [5.74, 6) is -1.33. The molecule has 0 saturated heterocycles. The van der Waals surface area contributed by atoms with Crippen LogP contribution in [0, 0.1) is 6.92 Å². The van der Waals surface area contributed by atoms with Gasteiger partial charge in [-0.2, -0.15) is 5.10 Å². The van der Waals surface area contributed by atoms with Gasteiger partial charge < -0.3 is 16.4 Å². The molecule has 2 rings (SSSR count). The first-order valence-corrected chi connectivity index (χ1v) is 10.1. The molecule has 160 valence electrons. The van der Waals surface area contributed by atoms with Gasteiger partial charge in [-0.15, -0.1) is 0 Å². The zero-order valence-electron chi connectivity index (χ0n) is 17.1. The van der Waals surface area contributed by atoms with Crippen molar-refractivity contribution >= 4 is 41.1 Å². The van der Waals surface area contributed by atoms with E-state index in [9.17, 15) is 14.4 Å². The number of rotatable bonds is 10. The van der Waals surface area contributed by atoms with E-state index in [1.54, 1.807) is 35.0 Å². The number of hydrogen-bond acceptors (Lipinski definition) is 4. The van der Waals surface area contributed by atoms with E-state index in [-0.39, 0.29) is 18.5 Å². The molecule has 0 radical (unpaired) electrons. The quantitative estimate of drug-likeness (QED) is 0.501. The first-order valence-electron chi connectivity index (χ1n) is 9.71. The number of amides is 3. The van der Waals surface area contributed by atoms with E-state index in [2.05, 4.69) is 22.7 Å². The van der Waals surface area contributed by atoms with Crippen molar-refractivity contribution < 1.29 is 14.4 Å². The third kappa shape index (κ3) is 6.45. The summed E-state index contributed by atoms with van der Waals surface area (Å²) in [7, 11) is 0. The number of aromatic nitrogens is 2. The normalized spacial score (nSPS) is 10.9. The fraction of sp³-hybridized carbons (Fsp3) is 0.333. The molecule has 1 aromatic carbocycles. The number of nitrogens with two attached hydrogens (primary N) is 1. The molecular formula is C21H26ClN5O3. The molecule has 30 heavy (non-hydrogen) atoms. The van der Waals surface area contributed by atoms with Crippen LogP contribution in [0.25, 0.3) is 6.08 Å². The summed E-state index contributed by atoms with van der Waals surface area (Å²) in [5, 5.41) is 10.2. The van der Waals surface area contributed by atoms with Crippen LogP contribution in [-0.2, 0) is 16.1 Å². The first kappa shape index (κ1) is 23.2. The molecule has 1 heterocycles. The van der Waals surface area contributed by atoms with E-state index < -0.39 is 17.7 Å².